The fourth-order valence-electron chi connectivity index (χ4n) is 2.02. The summed E-state index contributed by atoms with van der Waals surface area (Å²) < 4.78 is 0. The molecule has 2 N–H and O–H groups in total. The van der Waals surface area contributed by atoms with Crippen LogP contribution in [0.5, 0.6) is 0 Å². The standard InChI is InChI=1S/C12H18N2OS/c15-12(8-10-4-7-16-9-10)14-11-2-1-5-13-6-3-11/h4,7,9,11,13H,1-3,5-6,8H2,(H,14,15). The monoisotopic (exact) mass is 238 g/mol. The van der Waals surface area contributed by atoms with Crippen molar-refractivity contribution < 1.29 is 4.79 Å². The topological polar surface area (TPSA) is 41.1 Å². The lowest BCUT2D eigenvalue weighted by atomic mass is 10.1. The third-order valence-electron chi connectivity index (χ3n) is 2.89. The molecule has 0 aromatic carbocycles. The van der Waals surface area contributed by atoms with Crippen molar-refractivity contribution in [1.29, 1.82) is 0 Å². The summed E-state index contributed by atoms with van der Waals surface area (Å²) in [5.41, 5.74) is 1.12. The van der Waals surface area contributed by atoms with Gasteiger partial charge >= 0.3 is 0 Å². The molecule has 1 amide bonds. The van der Waals surface area contributed by atoms with Crippen LogP contribution in [0.25, 0.3) is 0 Å². The number of carbonyl (C=O) groups excluding carboxylic acids is 1. The molecule has 2 rings (SSSR count). The maximum absolute atomic E-state index is 11.8. The SMILES string of the molecule is O=C(Cc1ccsc1)NC1CCCNCC1. The molecule has 88 valence electrons. The van der Waals surface area contributed by atoms with Crippen LogP contribution in [0.2, 0.25) is 0 Å². The second-order valence-corrected chi connectivity index (χ2v) is 5.03. The van der Waals surface area contributed by atoms with Crippen molar-refractivity contribution >= 4 is 17.2 Å². The third-order valence-corrected chi connectivity index (χ3v) is 3.62. The predicted octanol–water partition coefficient (Wildman–Crippen LogP) is 1.55. The molecule has 2 heterocycles. The smallest absolute Gasteiger partial charge is 0.224 e. The van der Waals surface area contributed by atoms with E-state index in [0.717, 1.165) is 37.9 Å². The van der Waals surface area contributed by atoms with Crippen LogP contribution < -0.4 is 10.6 Å². The Morgan fingerprint density at radius 3 is 3.25 bits per heavy atom. The quantitative estimate of drug-likeness (QED) is 0.839. The lowest BCUT2D eigenvalue weighted by molar-refractivity contribution is -0.121. The van der Waals surface area contributed by atoms with E-state index in [4.69, 9.17) is 0 Å². The Balaban J connectivity index is 1.77. The van der Waals surface area contributed by atoms with Gasteiger partial charge in [0.15, 0.2) is 0 Å². The normalized spacial score (nSPS) is 21.4. The van der Waals surface area contributed by atoms with E-state index in [1.165, 1.54) is 0 Å². The van der Waals surface area contributed by atoms with Crippen LogP contribution in [0.3, 0.4) is 0 Å². The molecule has 0 radical (unpaired) electrons. The highest BCUT2D eigenvalue weighted by atomic mass is 32.1. The van der Waals surface area contributed by atoms with Crippen LogP contribution in [-0.2, 0) is 11.2 Å². The summed E-state index contributed by atoms with van der Waals surface area (Å²) in [6, 6.07) is 2.37. The van der Waals surface area contributed by atoms with E-state index in [1.54, 1.807) is 11.3 Å². The van der Waals surface area contributed by atoms with Crippen molar-refractivity contribution in [2.45, 2.75) is 31.7 Å². The molecule has 4 heteroatoms. The number of hydrogen-bond acceptors (Lipinski definition) is 3. The zero-order valence-electron chi connectivity index (χ0n) is 9.37. The summed E-state index contributed by atoms with van der Waals surface area (Å²) in [6.45, 7) is 2.10. The fraction of sp³-hybridized carbons (Fsp3) is 0.583. The largest absolute Gasteiger partial charge is 0.353 e. The molecule has 0 bridgehead atoms. The van der Waals surface area contributed by atoms with Gasteiger partial charge in [0.25, 0.3) is 0 Å². The van der Waals surface area contributed by atoms with Crippen molar-refractivity contribution in [3.63, 3.8) is 0 Å². The van der Waals surface area contributed by atoms with E-state index in [-0.39, 0.29) is 5.91 Å². The second-order valence-electron chi connectivity index (χ2n) is 4.25. The zero-order valence-corrected chi connectivity index (χ0v) is 10.2. The van der Waals surface area contributed by atoms with Crippen molar-refractivity contribution in [2.24, 2.45) is 0 Å². The van der Waals surface area contributed by atoms with Crippen LogP contribution in [0.15, 0.2) is 16.8 Å². The van der Waals surface area contributed by atoms with Gasteiger partial charge in [0.2, 0.25) is 5.91 Å². The summed E-state index contributed by atoms with van der Waals surface area (Å²) in [5.74, 6) is 0.158. The number of hydrogen-bond donors (Lipinski definition) is 2. The van der Waals surface area contributed by atoms with Crippen molar-refractivity contribution in [3.8, 4) is 0 Å². The van der Waals surface area contributed by atoms with Crippen molar-refractivity contribution in [2.75, 3.05) is 13.1 Å². The first kappa shape index (κ1) is 11.6. The second kappa shape index (κ2) is 6.01. The minimum Gasteiger partial charge on any atom is -0.353 e. The number of thiophene rings is 1. The van der Waals surface area contributed by atoms with Crippen LogP contribution in [0, 0.1) is 0 Å². The van der Waals surface area contributed by atoms with Gasteiger partial charge in [0.05, 0.1) is 6.42 Å². The Morgan fingerprint density at radius 2 is 2.44 bits per heavy atom. The minimum absolute atomic E-state index is 0.158. The first-order chi connectivity index (χ1) is 7.84. The van der Waals surface area contributed by atoms with Gasteiger partial charge in [-0.05, 0) is 54.7 Å². The highest BCUT2D eigenvalue weighted by molar-refractivity contribution is 7.07. The molecule has 16 heavy (non-hydrogen) atoms. The Kier molecular flexibility index (Phi) is 4.36. The number of amides is 1. The van der Waals surface area contributed by atoms with Gasteiger partial charge in [0.1, 0.15) is 0 Å². The van der Waals surface area contributed by atoms with Gasteiger partial charge < -0.3 is 10.6 Å². The number of rotatable bonds is 3. The average molecular weight is 238 g/mol. The lowest BCUT2D eigenvalue weighted by Gasteiger charge is -2.15. The first-order valence-electron chi connectivity index (χ1n) is 5.86. The molecule has 1 atom stereocenters. The summed E-state index contributed by atoms with van der Waals surface area (Å²) in [7, 11) is 0. The molecule has 1 fully saturated rings. The summed E-state index contributed by atoms with van der Waals surface area (Å²) in [5, 5.41) is 10.5. The Labute approximate surface area is 100 Å². The van der Waals surface area contributed by atoms with Gasteiger partial charge in [-0.15, -0.1) is 0 Å². The molecular formula is C12H18N2OS. The van der Waals surface area contributed by atoms with E-state index in [9.17, 15) is 4.79 Å². The molecule has 0 aliphatic carbocycles. The highest BCUT2D eigenvalue weighted by Crippen LogP contribution is 2.08. The molecule has 1 saturated heterocycles. The van der Waals surface area contributed by atoms with Gasteiger partial charge in [-0.3, -0.25) is 4.79 Å². The van der Waals surface area contributed by atoms with Gasteiger partial charge in [-0.2, -0.15) is 11.3 Å². The van der Waals surface area contributed by atoms with E-state index >= 15 is 0 Å². The molecule has 1 aliphatic heterocycles. The van der Waals surface area contributed by atoms with Crippen LogP contribution in [-0.4, -0.2) is 25.0 Å². The highest BCUT2D eigenvalue weighted by Gasteiger charge is 2.14. The average Bonchev–Trinajstić information content (AvgIpc) is 2.62. The number of nitrogens with one attached hydrogen (secondary N) is 2. The molecule has 1 aliphatic rings. The first-order valence-corrected chi connectivity index (χ1v) is 6.80. The van der Waals surface area contributed by atoms with Gasteiger partial charge in [0, 0.05) is 6.04 Å². The summed E-state index contributed by atoms with van der Waals surface area (Å²) in [6.07, 6.45) is 3.83. The van der Waals surface area contributed by atoms with Crippen LogP contribution in [0.1, 0.15) is 24.8 Å². The minimum atomic E-state index is 0.158. The summed E-state index contributed by atoms with van der Waals surface area (Å²) in [4.78, 5) is 11.8. The van der Waals surface area contributed by atoms with Crippen LogP contribution >= 0.6 is 11.3 Å². The Morgan fingerprint density at radius 1 is 1.50 bits per heavy atom. The molecule has 3 nitrogen and oxygen atoms in total. The maximum atomic E-state index is 11.8. The molecular weight excluding hydrogens is 220 g/mol. The van der Waals surface area contributed by atoms with Gasteiger partial charge in [-0.1, -0.05) is 0 Å². The van der Waals surface area contributed by atoms with Crippen molar-refractivity contribution in [1.82, 2.24) is 10.6 Å². The Bertz CT molecular complexity index is 316. The molecule has 0 saturated carbocycles. The van der Waals surface area contributed by atoms with Crippen LogP contribution in [0.4, 0.5) is 0 Å². The molecule has 0 spiro atoms. The third kappa shape index (κ3) is 3.61. The number of carbonyl (C=O) groups is 1. The molecule has 1 unspecified atom stereocenters. The summed E-state index contributed by atoms with van der Waals surface area (Å²) >= 11 is 1.64. The van der Waals surface area contributed by atoms with E-state index < -0.39 is 0 Å². The Hall–Kier alpha value is -0.870. The van der Waals surface area contributed by atoms with E-state index in [1.807, 2.05) is 16.8 Å². The lowest BCUT2D eigenvalue weighted by Crippen LogP contribution is -2.36. The predicted molar refractivity (Wildman–Crippen MR) is 66.7 cm³/mol. The fourth-order valence-corrected chi connectivity index (χ4v) is 2.69. The maximum Gasteiger partial charge on any atom is 0.224 e. The van der Waals surface area contributed by atoms with E-state index in [2.05, 4.69) is 10.6 Å². The van der Waals surface area contributed by atoms with E-state index in [0.29, 0.717) is 12.5 Å². The van der Waals surface area contributed by atoms with Crippen molar-refractivity contribution in [3.05, 3.63) is 22.4 Å². The van der Waals surface area contributed by atoms with Gasteiger partial charge in [-0.25, -0.2) is 0 Å². The molecule has 1 aromatic heterocycles. The zero-order chi connectivity index (χ0) is 11.2. The molecule has 1 aromatic rings.